The summed E-state index contributed by atoms with van der Waals surface area (Å²) in [5.41, 5.74) is 0. The third-order valence-electron chi connectivity index (χ3n) is 2.96. The van der Waals surface area contributed by atoms with Gasteiger partial charge in [0.2, 0.25) is 5.91 Å². The summed E-state index contributed by atoms with van der Waals surface area (Å²) in [5.74, 6) is 0.933. The molecule has 1 aliphatic rings. The van der Waals surface area contributed by atoms with E-state index in [-0.39, 0.29) is 11.8 Å². The van der Waals surface area contributed by atoms with Gasteiger partial charge in [0.1, 0.15) is 0 Å². The van der Waals surface area contributed by atoms with Crippen molar-refractivity contribution < 1.29 is 4.79 Å². The van der Waals surface area contributed by atoms with Crippen molar-refractivity contribution in [1.29, 1.82) is 0 Å². The summed E-state index contributed by atoms with van der Waals surface area (Å²) in [6.45, 7) is 3.89. The molecule has 0 aromatic carbocycles. The number of nitrogens with one attached hydrogen (secondary N) is 1. The molecular weight excluding hydrogens is 242 g/mol. The summed E-state index contributed by atoms with van der Waals surface area (Å²) in [6, 6.07) is 0.401. The van der Waals surface area contributed by atoms with Crippen LogP contribution in [0.5, 0.6) is 0 Å². The van der Waals surface area contributed by atoms with Gasteiger partial charge >= 0.3 is 0 Å². The Hall–Kier alpha value is -0.0500. The first-order valence-corrected chi connectivity index (χ1v) is 6.63. The number of hydrogen-bond donors (Lipinski definition) is 1. The Balaban J connectivity index is 2.44. The molecular formula is C11H20BrNO. The molecule has 0 bridgehead atoms. The van der Waals surface area contributed by atoms with Gasteiger partial charge in [-0.25, -0.2) is 0 Å². The highest BCUT2D eigenvalue weighted by molar-refractivity contribution is 9.09. The Bertz CT molecular complexity index is 194. The molecule has 0 spiro atoms. The normalized spacial score (nSPS) is 27.7. The first kappa shape index (κ1) is 12.0. The van der Waals surface area contributed by atoms with Crippen LogP contribution in [0.2, 0.25) is 0 Å². The van der Waals surface area contributed by atoms with Crippen LogP contribution < -0.4 is 5.32 Å². The number of amides is 1. The molecule has 3 heteroatoms. The van der Waals surface area contributed by atoms with E-state index in [0.29, 0.717) is 12.0 Å². The fourth-order valence-corrected chi connectivity index (χ4v) is 2.71. The minimum Gasteiger partial charge on any atom is -0.353 e. The van der Waals surface area contributed by atoms with Crippen LogP contribution in [0.1, 0.15) is 39.5 Å². The van der Waals surface area contributed by atoms with E-state index in [1.165, 1.54) is 19.3 Å². The Labute approximate surface area is 95.0 Å². The van der Waals surface area contributed by atoms with Crippen LogP contribution in [0, 0.1) is 11.8 Å². The van der Waals surface area contributed by atoms with Gasteiger partial charge < -0.3 is 5.32 Å². The van der Waals surface area contributed by atoms with Crippen molar-refractivity contribution >= 4 is 21.8 Å². The lowest BCUT2D eigenvalue weighted by atomic mass is 9.85. The van der Waals surface area contributed by atoms with Gasteiger partial charge in [0, 0.05) is 17.3 Å². The van der Waals surface area contributed by atoms with Crippen molar-refractivity contribution in [2.75, 3.05) is 5.33 Å². The molecule has 0 radical (unpaired) electrons. The smallest absolute Gasteiger partial charge is 0.222 e. The molecule has 1 fully saturated rings. The van der Waals surface area contributed by atoms with Crippen molar-refractivity contribution in [1.82, 2.24) is 5.32 Å². The lowest BCUT2D eigenvalue weighted by Gasteiger charge is -2.31. The van der Waals surface area contributed by atoms with Crippen LogP contribution >= 0.6 is 15.9 Å². The Morgan fingerprint density at radius 2 is 2.07 bits per heavy atom. The highest BCUT2D eigenvalue weighted by Gasteiger charge is 2.25. The number of hydrogen-bond acceptors (Lipinski definition) is 1. The van der Waals surface area contributed by atoms with Gasteiger partial charge in [-0.15, -0.1) is 0 Å². The summed E-state index contributed by atoms with van der Waals surface area (Å²) in [5, 5.41) is 4.16. The van der Waals surface area contributed by atoms with Gasteiger partial charge in [-0.1, -0.05) is 42.6 Å². The van der Waals surface area contributed by atoms with Crippen molar-refractivity contribution in [2.24, 2.45) is 11.8 Å². The predicted octanol–water partition coefficient (Wildman–Crippen LogP) is 2.71. The van der Waals surface area contributed by atoms with Crippen LogP contribution in [-0.2, 0) is 4.79 Å². The number of carbonyl (C=O) groups is 1. The summed E-state index contributed by atoms with van der Waals surface area (Å²) in [4.78, 5) is 11.5. The average molecular weight is 262 g/mol. The monoisotopic (exact) mass is 261 g/mol. The second-order valence-corrected chi connectivity index (χ2v) is 5.12. The summed E-state index contributed by atoms with van der Waals surface area (Å²) in [7, 11) is 0. The third kappa shape index (κ3) is 3.26. The Morgan fingerprint density at radius 3 is 2.64 bits per heavy atom. The lowest BCUT2D eigenvalue weighted by Crippen LogP contribution is -2.44. The fraction of sp³-hybridized carbons (Fsp3) is 0.909. The largest absolute Gasteiger partial charge is 0.353 e. The maximum Gasteiger partial charge on any atom is 0.222 e. The minimum absolute atomic E-state index is 0.105. The van der Waals surface area contributed by atoms with Crippen molar-refractivity contribution in [3.8, 4) is 0 Å². The molecule has 2 atom stereocenters. The van der Waals surface area contributed by atoms with E-state index in [2.05, 4.69) is 21.2 Å². The second-order valence-electron chi connectivity index (χ2n) is 4.47. The Kier molecular flexibility index (Phi) is 4.93. The molecule has 0 aliphatic heterocycles. The van der Waals surface area contributed by atoms with Gasteiger partial charge in [-0.05, 0) is 18.8 Å². The van der Waals surface area contributed by atoms with Crippen molar-refractivity contribution in [2.45, 2.75) is 45.6 Å². The van der Waals surface area contributed by atoms with E-state index in [1.54, 1.807) is 0 Å². The fourth-order valence-electron chi connectivity index (χ4n) is 1.93. The topological polar surface area (TPSA) is 29.1 Å². The molecule has 2 nitrogen and oxygen atoms in total. The maximum atomic E-state index is 11.5. The van der Waals surface area contributed by atoms with E-state index >= 15 is 0 Å². The van der Waals surface area contributed by atoms with E-state index in [4.69, 9.17) is 0 Å². The van der Waals surface area contributed by atoms with Crippen LogP contribution in [0.15, 0.2) is 0 Å². The SMILES string of the molecule is CC(C)C(=O)NC1CCCCC1CBr. The van der Waals surface area contributed by atoms with Gasteiger partial charge in [-0.3, -0.25) is 4.79 Å². The highest BCUT2D eigenvalue weighted by Crippen LogP contribution is 2.26. The second kappa shape index (κ2) is 5.74. The van der Waals surface area contributed by atoms with E-state index < -0.39 is 0 Å². The van der Waals surface area contributed by atoms with Gasteiger partial charge in [0.05, 0.1) is 0 Å². The molecule has 0 saturated heterocycles. The molecule has 0 aromatic heterocycles. The van der Waals surface area contributed by atoms with E-state index in [9.17, 15) is 4.79 Å². The number of carbonyl (C=O) groups excluding carboxylic acids is 1. The molecule has 1 aliphatic carbocycles. The molecule has 1 rings (SSSR count). The third-order valence-corrected chi connectivity index (χ3v) is 3.79. The van der Waals surface area contributed by atoms with Crippen LogP contribution in [0.25, 0.3) is 0 Å². The zero-order valence-electron chi connectivity index (χ0n) is 9.05. The van der Waals surface area contributed by atoms with Gasteiger partial charge in [0.15, 0.2) is 0 Å². The minimum atomic E-state index is 0.105. The van der Waals surface area contributed by atoms with Crippen LogP contribution in [0.3, 0.4) is 0 Å². The molecule has 2 unspecified atom stereocenters. The average Bonchev–Trinajstić information content (AvgIpc) is 2.18. The molecule has 1 saturated carbocycles. The predicted molar refractivity (Wildman–Crippen MR) is 62.5 cm³/mol. The zero-order valence-corrected chi connectivity index (χ0v) is 10.6. The number of alkyl halides is 1. The molecule has 1 amide bonds. The first-order valence-electron chi connectivity index (χ1n) is 5.51. The van der Waals surface area contributed by atoms with Crippen molar-refractivity contribution in [3.05, 3.63) is 0 Å². The van der Waals surface area contributed by atoms with Crippen LogP contribution in [-0.4, -0.2) is 17.3 Å². The summed E-state index contributed by atoms with van der Waals surface area (Å²) in [6.07, 6.45) is 4.96. The molecule has 14 heavy (non-hydrogen) atoms. The molecule has 0 aromatic rings. The quantitative estimate of drug-likeness (QED) is 0.778. The summed E-state index contributed by atoms with van der Waals surface area (Å²) >= 11 is 3.53. The number of rotatable bonds is 3. The van der Waals surface area contributed by atoms with Gasteiger partial charge in [-0.2, -0.15) is 0 Å². The summed E-state index contributed by atoms with van der Waals surface area (Å²) < 4.78 is 0. The molecule has 82 valence electrons. The van der Waals surface area contributed by atoms with E-state index in [0.717, 1.165) is 11.8 Å². The number of halogens is 1. The van der Waals surface area contributed by atoms with Crippen molar-refractivity contribution in [3.63, 3.8) is 0 Å². The van der Waals surface area contributed by atoms with E-state index in [1.807, 2.05) is 13.8 Å². The molecule has 1 N–H and O–H groups in total. The zero-order chi connectivity index (χ0) is 10.6. The Morgan fingerprint density at radius 1 is 1.43 bits per heavy atom. The lowest BCUT2D eigenvalue weighted by molar-refractivity contribution is -0.125. The van der Waals surface area contributed by atoms with Gasteiger partial charge in [0.25, 0.3) is 0 Å². The standard InChI is InChI=1S/C11H20BrNO/c1-8(2)11(14)13-10-6-4-3-5-9(10)7-12/h8-10H,3-7H2,1-2H3,(H,13,14). The molecule has 0 heterocycles. The highest BCUT2D eigenvalue weighted by atomic mass is 79.9. The maximum absolute atomic E-state index is 11.5. The van der Waals surface area contributed by atoms with Crippen LogP contribution in [0.4, 0.5) is 0 Å². The first-order chi connectivity index (χ1) is 6.65.